The van der Waals surface area contributed by atoms with Crippen LogP contribution in [-0.2, 0) is 28.6 Å². The van der Waals surface area contributed by atoms with Crippen molar-refractivity contribution < 1.29 is 43.0 Å². The summed E-state index contributed by atoms with van der Waals surface area (Å²) in [5.74, 6) is -2.81. The Balaban J connectivity index is 2.69. The van der Waals surface area contributed by atoms with E-state index in [0.29, 0.717) is 37.1 Å². The van der Waals surface area contributed by atoms with Gasteiger partial charge in [-0.3, -0.25) is 28.8 Å². The standard InChI is InChI=1S/C63H111N3O12S3/c1-4-7-10-13-16-19-22-25-28-31-34-37-46-76-58(70)43-52-79-49-40-55(67)64-61(73)65(56(68)41-50-80-53-44-59(71)77-47-38-35-32-29-26-23-20-17-14-11-8-5-2)63(75)66(62(64)74)57(69)42-51-81-54-45-60(72)78-48-39-36-33-30-27-24-21-18-15-12-9-6-3/h4-54H2,1-3H3. The lowest BCUT2D eigenvalue weighted by Crippen LogP contribution is -2.59. The quantitative estimate of drug-likeness (QED) is 0.0339. The van der Waals surface area contributed by atoms with Gasteiger partial charge in [-0.2, -0.15) is 49.0 Å². The first-order valence-electron chi connectivity index (χ1n) is 32.3. The third-order valence-corrected chi connectivity index (χ3v) is 17.4. The van der Waals surface area contributed by atoms with Gasteiger partial charge in [0, 0.05) is 53.8 Å². The number of esters is 3. The molecule has 0 radical (unpaired) electrons. The van der Waals surface area contributed by atoms with Crippen molar-refractivity contribution in [3.05, 3.63) is 31.5 Å². The number of hydrogen-bond acceptors (Lipinski definition) is 15. The third kappa shape index (κ3) is 41.5. The zero-order valence-electron chi connectivity index (χ0n) is 51.0. The highest BCUT2D eigenvalue weighted by molar-refractivity contribution is 7.99. The molecule has 0 aliphatic carbocycles. The van der Waals surface area contributed by atoms with Crippen LogP contribution in [0.25, 0.3) is 0 Å². The Kier molecular flexibility index (Phi) is 51.3. The van der Waals surface area contributed by atoms with Gasteiger partial charge in [0.25, 0.3) is 0 Å². The number of rotatable bonds is 57. The number of aromatic nitrogens is 3. The number of hydrogen-bond donors (Lipinski definition) is 0. The fourth-order valence-electron chi connectivity index (χ4n) is 9.38. The van der Waals surface area contributed by atoms with Crippen molar-refractivity contribution >= 4 is 70.9 Å². The molecule has 0 saturated carbocycles. The number of thioether (sulfide) groups is 3. The van der Waals surface area contributed by atoms with E-state index in [1.54, 1.807) is 0 Å². The molecule has 468 valence electrons. The van der Waals surface area contributed by atoms with Crippen LogP contribution in [0.3, 0.4) is 0 Å². The van der Waals surface area contributed by atoms with Gasteiger partial charge in [-0.1, -0.05) is 233 Å². The molecule has 0 amide bonds. The van der Waals surface area contributed by atoms with Crippen LogP contribution in [0, 0.1) is 0 Å². The second kappa shape index (κ2) is 54.8. The van der Waals surface area contributed by atoms with Crippen LogP contribution in [0.15, 0.2) is 14.4 Å². The van der Waals surface area contributed by atoms with E-state index in [4.69, 9.17) is 14.2 Å². The van der Waals surface area contributed by atoms with Crippen LogP contribution in [0.4, 0.5) is 0 Å². The van der Waals surface area contributed by atoms with Crippen molar-refractivity contribution in [2.75, 3.05) is 54.3 Å². The van der Waals surface area contributed by atoms with E-state index in [9.17, 15) is 43.2 Å². The minimum atomic E-state index is -1.46. The molecular weight excluding hydrogens is 1090 g/mol. The van der Waals surface area contributed by atoms with E-state index >= 15 is 0 Å². The molecule has 0 fully saturated rings. The predicted octanol–water partition coefficient (Wildman–Crippen LogP) is 15.4. The van der Waals surface area contributed by atoms with E-state index in [1.807, 2.05) is 0 Å². The first kappa shape index (κ1) is 75.9. The summed E-state index contributed by atoms with van der Waals surface area (Å²) in [4.78, 5) is 119. The monoisotopic (exact) mass is 1200 g/mol. The van der Waals surface area contributed by atoms with Crippen molar-refractivity contribution in [2.45, 2.75) is 290 Å². The molecule has 0 bridgehead atoms. The van der Waals surface area contributed by atoms with Gasteiger partial charge in [0.2, 0.25) is 17.7 Å². The predicted molar refractivity (Wildman–Crippen MR) is 337 cm³/mol. The summed E-state index contributed by atoms with van der Waals surface area (Å²) >= 11 is 3.73. The van der Waals surface area contributed by atoms with Gasteiger partial charge in [0.05, 0.1) is 39.1 Å². The molecule has 0 unspecified atom stereocenters. The fourth-order valence-corrected chi connectivity index (χ4v) is 11.9. The first-order chi connectivity index (χ1) is 39.5. The summed E-state index contributed by atoms with van der Waals surface area (Å²) in [6.07, 6.45) is 42.7. The molecule has 0 spiro atoms. The molecule has 18 heteroatoms. The van der Waals surface area contributed by atoms with Gasteiger partial charge in [0.1, 0.15) is 0 Å². The average Bonchev–Trinajstić information content (AvgIpc) is 3.56. The Labute approximate surface area is 501 Å². The van der Waals surface area contributed by atoms with Crippen molar-refractivity contribution in [3.63, 3.8) is 0 Å². The number of carbonyl (C=O) groups is 6. The third-order valence-electron chi connectivity index (χ3n) is 14.4. The lowest BCUT2D eigenvalue weighted by Gasteiger charge is -2.12. The maximum atomic E-state index is 13.7. The Hall–Kier alpha value is -3.12. The Morgan fingerprint density at radius 1 is 0.272 bits per heavy atom. The second-order valence-corrected chi connectivity index (χ2v) is 25.4. The van der Waals surface area contributed by atoms with Crippen molar-refractivity contribution in [1.82, 2.24) is 13.7 Å². The number of unbranched alkanes of at least 4 members (excludes halogenated alkanes) is 33. The van der Waals surface area contributed by atoms with E-state index < -0.39 is 34.8 Å². The molecule has 0 saturated heterocycles. The normalized spacial score (nSPS) is 11.3. The number of carbonyl (C=O) groups excluding carboxylic acids is 6. The Morgan fingerprint density at radius 3 is 0.642 bits per heavy atom. The highest BCUT2D eigenvalue weighted by Gasteiger charge is 2.26. The van der Waals surface area contributed by atoms with Crippen molar-refractivity contribution in [1.29, 1.82) is 0 Å². The highest BCUT2D eigenvalue weighted by atomic mass is 32.2. The average molecular weight is 1200 g/mol. The summed E-state index contributed by atoms with van der Waals surface area (Å²) in [7, 11) is 0. The van der Waals surface area contributed by atoms with E-state index in [1.165, 1.54) is 209 Å². The Bertz CT molecular complexity index is 1740. The number of ether oxygens (including phenoxy) is 3. The highest BCUT2D eigenvalue weighted by Crippen LogP contribution is 2.16. The van der Waals surface area contributed by atoms with E-state index in [0.717, 1.165) is 57.8 Å². The van der Waals surface area contributed by atoms with Crippen molar-refractivity contribution in [3.8, 4) is 0 Å². The fraction of sp³-hybridized carbons (Fsp3) is 0.857. The zero-order valence-corrected chi connectivity index (χ0v) is 53.5. The first-order valence-corrected chi connectivity index (χ1v) is 35.8. The summed E-state index contributed by atoms with van der Waals surface area (Å²) in [5.41, 5.74) is -4.38. The lowest BCUT2D eigenvalue weighted by molar-refractivity contribution is -0.144. The molecule has 81 heavy (non-hydrogen) atoms. The maximum absolute atomic E-state index is 13.7. The van der Waals surface area contributed by atoms with Crippen LogP contribution >= 0.6 is 35.3 Å². The van der Waals surface area contributed by atoms with E-state index in [2.05, 4.69) is 20.8 Å². The summed E-state index contributed by atoms with van der Waals surface area (Å²) in [5, 5.41) is 0. The van der Waals surface area contributed by atoms with E-state index in [-0.39, 0.29) is 87.4 Å². The molecule has 0 aliphatic heterocycles. The molecule has 1 aromatic heterocycles. The molecule has 0 aromatic carbocycles. The largest absolute Gasteiger partial charge is 0.466 e. The molecule has 0 aliphatic rings. The SMILES string of the molecule is CCCCCCCCCCCCCCOC(=O)CCSCCC(=O)n1c(=O)n(C(=O)CCSCCC(=O)OCCCCCCCCCCCCCC)c(=O)n(C(=O)CCSCCC(=O)OCCCCCCCCCCCCCC)c1=O. The van der Waals surface area contributed by atoms with Gasteiger partial charge in [-0.05, 0) is 19.3 Å². The van der Waals surface area contributed by atoms with Crippen LogP contribution < -0.4 is 17.1 Å². The molecule has 1 heterocycles. The van der Waals surface area contributed by atoms with Gasteiger partial charge in [-0.15, -0.1) is 0 Å². The van der Waals surface area contributed by atoms with Crippen LogP contribution in [0.1, 0.15) is 305 Å². The zero-order chi connectivity index (χ0) is 59.2. The molecule has 0 atom stereocenters. The van der Waals surface area contributed by atoms with Gasteiger partial charge < -0.3 is 14.2 Å². The maximum Gasteiger partial charge on any atom is 0.350 e. The van der Waals surface area contributed by atoms with Crippen LogP contribution in [0.2, 0.25) is 0 Å². The molecule has 15 nitrogen and oxygen atoms in total. The van der Waals surface area contributed by atoms with Gasteiger partial charge in [-0.25, -0.2) is 14.4 Å². The van der Waals surface area contributed by atoms with Crippen LogP contribution in [-0.4, -0.2) is 104 Å². The summed E-state index contributed by atoms with van der Waals surface area (Å²) in [6, 6.07) is 0. The Morgan fingerprint density at radius 2 is 0.444 bits per heavy atom. The van der Waals surface area contributed by atoms with Gasteiger partial charge in [0.15, 0.2) is 0 Å². The minimum absolute atomic E-state index is 0.106. The minimum Gasteiger partial charge on any atom is -0.466 e. The topological polar surface area (TPSA) is 196 Å². The second-order valence-electron chi connectivity index (χ2n) is 21.7. The summed E-state index contributed by atoms with van der Waals surface area (Å²) < 4.78 is 16.7. The summed E-state index contributed by atoms with van der Waals surface area (Å²) in [6.45, 7) is 7.74. The van der Waals surface area contributed by atoms with Gasteiger partial charge >= 0.3 is 35.0 Å². The molecule has 0 N–H and O–H groups in total. The van der Waals surface area contributed by atoms with Crippen molar-refractivity contribution in [2.24, 2.45) is 0 Å². The number of nitrogens with zero attached hydrogens (tertiary/aromatic N) is 3. The lowest BCUT2D eigenvalue weighted by atomic mass is 10.1. The van der Waals surface area contributed by atoms with Crippen LogP contribution in [0.5, 0.6) is 0 Å². The molecule has 1 rings (SSSR count). The smallest absolute Gasteiger partial charge is 0.350 e. The molecular formula is C63H111N3O12S3. The molecule has 1 aromatic rings.